The van der Waals surface area contributed by atoms with E-state index in [0.717, 1.165) is 11.4 Å². The molecule has 1 N–H and O–H groups in total. The number of nitrogens with one attached hydrogen (secondary N) is 1. The van der Waals surface area contributed by atoms with Gasteiger partial charge in [-0.1, -0.05) is 12.1 Å². The topological polar surface area (TPSA) is 50.2 Å². The lowest BCUT2D eigenvalue weighted by molar-refractivity contribution is 0.0828. The Labute approximate surface area is 119 Å². The quantitative estimate of drug-likeness (QED) is 0.929. The van der Waals surface area contributed by atoms with Crippen LogP contribution in [0.15, 0.2) is 36.5 Å². The van der Waals surface area contributed by atoms with Gasteiger partial charge in [-0.25, -0.2) is 0 Å². The molecule has 1 heterocycles. The predicted octanol–water partition coefficient (Wildman–Crippen LogP) is 2.29. The number of anilines is 1. The molecule has 1 amide bonds. The predicted molar refractivity (Wildman–Crippen MR) is 79.7 cm³/mol. The summed E-state index contributed by atoms with van der Waals surface area (Å²) in [5, 5.41) is 7.55. The maximum Gasteiger partial charge on any atom is 0.255 e. The Hall–Kier alpha value is -2.30. The summed E-state index contributed by atoms with van der Waals surface area (Å²) in [6.07, 6.45) is 1.77. The van der Waals surface area contributed by atoms with Crippen molar-refractivity contribution in [3.05, 3.63) is 47.8 Å². The van der Waals surface area contributed by atoms with Gasteiger partial charge in [-0.15, -0.1) is 0 Å². The van der Waals surface area contributed by atoms with Crippen LogP contribution in [0.5, 0.6) is 0 Å². The number of nitrogens with zero attached hydrogens (tertiary/aromatic N) is 3. The van der Waals surface area contributed by atoms with E-state index < -0.39 is 0 Å². The lowest BCUT2D eigenvalue weighted by Gasteiger charge is -2.19. The molecule has 5 heteroatoms. The van der Waals surface area contributed by atoms with Crippen molar-refractivity contribution in [2.24, 2.45) is 7.05 Å². The third-order valence-corrected chi connectivity index (χ3v) is 3.24. The standard InChI is InChI=1S/C15H20N4O/c1-11(14-9-10-16-19(14)4)17-13-8-6-5-7-12(13)15(20)18(2)3/h5-11,17H,1-4H3. The fourth-order valence-electron chi connectivity index (χ4n) is 2.15. The van der Waals surface area contributed by atoms with Crippen molar-refractivity contribution in [3.8, 4) is 0 Å². The van der Waals surface area contributed by atoms with Gasteiger partial charge in [-0.3, -0.25) is 9.48 Å². The number of para-hydroxylation sites is 1. The van der Waals surface area contributed by atoms with E-state index in [1.165, 1.54) is 0 Å². The summed E-state index contributed by atoms with van der Waals surface area (Å²) >= 11 is 0. The number of aryl methyl sites for hydroxylation is 1. The highest BCUT2D eigenvalue weighted by molar-refractivity contribution is 5.99. The molecule has 0 fully saturated rings. The van der Waals surface area contributed by atoms with Gasteiger partial charge in [0.05, 0.1) is 17.3 Å². The molecule has 0 saturated heterocycles. The highest BCUT2D eigenvalue weighted by Crippen LogP contribution is 2.22. The number of rotatable bonds is 4. The Morgan fingerprint density at radius 3 is 2.60 bits per heavy atom. The molecule has 0 saturated carbocycles. The summed E-state index contributed by atoms with van der Waals surface area (Å²) in [5.74, 6) is -0.00898. The molecule has 0 spiro atoms. The van der Waals surface area contributed by atoms with Crippen molar-refractivity contribution in [1.82, 2.24) is 14.7 Å². The van der Waals surface area contributed by atoms with Crippen LogP contribution in [0.3, 0.4) is 0 Å². The van der Waals surface area contributed by atoms with E-state index in [1.807, 2.05) is 49.0 Å². The van der Waals surface area contributed by atoms with E-state index in [-0.39, 0.29) is 11.9 Å². The van der Waals surface area contributed by atoms with E-state index in [2.05, 4.69) is 10.4 Å². The second-order valence-corrected chi connectivity index (χ2v) is 4.99. The van der Waals surface area contributed by atoms with Gasteiger partial charge in [-0.2, -0.15) is 5.10 Å². The van der Waals surface area contributed by atoms with Crippen LogP contribution < -0.4 is 5.32 Å². The fraction of sp³-hybridized carbons (Fsp3) is 0.333. The molecule has 5 nitrogen and oxygen atoms in total. The first kappa shape index (κ1) is 14.1. The van der Waals surface area contributed by atoms with Crippen molar-refractivity contribution in [2.45, 2.75) is 13.0 Å². The van der Waals surface area contributed by atoms with Crippen molar-refractivity contribution in [1.29, 1.82) is 0 Å². The molecule has 1 unspecified atom stereocenters. The number of amides is 1. The zero-order valence-electron chi connectivity index (χ0n) is 12.3. The van der Waals surface area contributed by atoms with Gasteiger partial charge < -0.3 is 10.2 Å². The summed E-state index contributed by atoms with van der Waals surface area (Å²) in [6.45, 7) is 2.05. The molecule has 0 aliphatic rings. The first-order valence-electron chi connectivity index (χ1n) is 6.56. The number of carbonyl (C=O) groups excluding carboxylic acids is 1. The number of benzene rings is 1. The number of carbonyl (C=O) groups is 1. The second kappa shape index (κ2) is 5.77. The third-order valence-electron chi connectivity index (χ3n) is 3.24. The van der Waals surface area contributed by atoms with Crippen LogP contribution in [0.25, 0.3) is 0 Å². The minimum Gasteiger partial charge on any atom is -0.376 e. The van der Waals surface area contributed by atoms with Crippen molar-refractivity contribution < 1.29 is 4.79 Å². The third kappa shape index (κ3) is 2.82. The summed E-state index contributed by atoms with van der Waals surface area (Å²) in [4.78, 5) is 13.7. The van der Waals surface area contributed by atoms with Gasteiger partial charge in [0.15, 0.2) is 0 Å². The van der Waals surface area contributed by atoms with Crippen LogP contribution in [-0.4, -0.2) is 34.7 Å². The average molecular weight is 272 g/mol. The van der Waals surface area contributed by atoms with E-state index in [4.69, 9.17) is 0 Å². The van der Waals surface area contributed by atoms with Crippen LogP contribution in [0, 0.1) is 0 Å². The van der Waals surface area contributed by atoms with Crippen LogP contribution in [0.4, 0.5) is 5.69 Å². The summed E-state index contributed by atoms with van der Waals surface area (Å²) in [7, 11) is 5.41. The molecule has 1 aromatic heterocycles. The van der Waals surface area contributed by atoms with E-state index in [0.29, 0.717) is 5.56 Å². The molecular formula is C15H20N4O. The highest BCUT2D eigenvalue weighted by atomic mass is 16.2. The van der Waals surface area contributed by atoms with Gasteiger partial charge in [0, 0.05) is 33.0 Å². The Morgan fingerprint density at radius 1 is 1.30 bits per heavy atom. The lowest BCUT2D eigenvalue weighted by atomic mass is 10.1. The Balaban J connectivity index is 2.26. The second-order valence-electron chi connectivity index (χ2n) is 4.99. The maximum absolute atomic E-state index is 12.2. The minimum atomic E-state index is -0.00898. The zero-order chi connectivity index (χ0) is 14.7. The minimum absolute atomic E-state index is 0.00898. The smallest absolute Gasteiger partial charge is 0.255 e. The molecule has 2 rings (SSSR count). The van der Waals surface area contributed by atoms with Crippen LogP contribution >= 0.6 is 0 Å². The average Bonchev–Trinajstić information content (AvgIpc) is 2.84. The zero-order valence-corrected chi connectivity index (χ0v) is 12.3. The van der Waals surface area contributed by atoms with E-state index in [1.54, 1.807) is 25.2 Å². The molecule has 0 radical (unpaired) electrons. The first-order valence-corrected chi connectivity index (χ1v) is 6.56. The monoisotopic (exact) mass is 272 g/mol. The molecule has 0 bridgehead atoms. The molecule has 1 aromatic carbocycles. The van der Waals surface area contributed by atoms with Crippen molar-refractivity contribution in [3.63, 3.8) is 0 Å². The van der Waals surface area contributed by atoms with Crippen LogP contribution in [-0.2, 0) is 7.05 Å². The van der Waals surface area contributed by atoms with Gasteiger partial charge in [0.25, 0.3) is 5.91 Å². The SMILES string of the molecule is CC(Nc1ccccc1C(=O)N(C)C)c1ccnn1C. The summed E-state index contributed by atoms with van der Waals surface area (Å²) in [6, 6.07) is 9.58. The van der Waals surface area contributed by atoms with Gasteiger partial charge in [-0.05, 0) is 25.1 Å². The largest absolute Gasteiger partial charge is 0.376 e. The van der Waals surface area contributed by atoms with Crippen LogP contribution in [0.1, 0.15) is 29.0 Å². The number of aromatic nitrogens is 2. The van der Waals surface area contributed by atoms with Gasteiger partial charge >= 0.3 is 0 Å². The van der Waals surface area contributed by atoms with Gasteiger partial charge in [0.2, 0.25) is 0 Å². The molecular weight excluding hydrogens is 252 g/mol. The first-order chi connectivity index (χ1) is 9.50. The summed E-state index contributed by atoms with van der Waals surface area (Å²) in [5.41, 5.74) is 2.57. The van der Waals surface area contributed by atoms with E-state index in [9.17, 15) is 4.79 Å². The lowest BCUT2D eigenvalue weighted by Crippen LogP contribution is -2.23. The molecule has 0 aliphatic carbocycles. The molecule has 0 aliphatic heterocycles. The molecule has 1 atom stereocenters. The summed E-state index contributed by atoms with van der Waals surface area (Å²) < 4.78 is 1.83. The molecule has 2 aromatic rings. The van der Waals surface area contributed by atoms with Crippen molar-refractivity contribution in [2.75, 3.05) is 19.4 Å². The Morgan fingerprint density at radius 2 is 2.00 bits per heavy atom. The highest BCUT2D eigenvalue weighted by Gasteiger charge is 2.15. The molecule has 20 heavy (non-hydrogen) atoms. The van der Waals surface area contributed by atoms with Crippen LogP contribution in [0.2, 0.25) is 0 Å². The normalized spacial score (nSPS) is 12.0. The fourth-order valence-corrected chi connectivity index (χ4v) is 2.15. The molecule has 106 valence electrons. The van der Waals surface area contributed by atoms with Crippen molar-refractivity contribution >= 4 is 11.6 Å². The van der Waals surface area contributed by atoms with Gasteiger partial charge in [0.1, 0.15) is 0 Å². The number of hydrogen-bond donors (Lipinski definition) is 1. The maximum atomic E-state index is 12.2. The van der Waals surface area contributed by atoms with E-state index >= 15 is 0 Å². The number of hydrogen-bond acceptors (Lipinski definition) is 3. The Bertz CT molecular complexity index is 603. The Kier molecular flexibility index (Phi) is 4.08.